The number of nitrogens with zero attached hydrogens (tertiary/aromatic N) is 1. The Bertz CT molecular complexity index is 905. The van der Waals surface area contributed by atoms with Crippen LogP contribution in [0.25, 0.3) is 0 Å². The predicted molar refractivity (Wildman–Crippen MR) is 101 cm³/mol. The molecule has 2 aromatic carbocycles. The zero-order chi connectivity index (χ0) is 19.7. The standard InChI is InChI=1S/C22H21F3N2O/c23-22(24,25)16-9-6-10-17(13-16)26-20-18-11-4-5-12-19(18)21(28)27(20)14-15-7-2-1-3-8-15/h1-3,6-10,13,20,26H,4-5,11-12,14H2/t20-/m0/s1. The van der Waals surface area contributed by atoms with Gasteiger partial charge in [0.05, 0.1) is 5.56 Å². The molecule has 1 N–H and O–H groups in total. The quantitative estimate of drug-likeness (QED) is 0.768. The summed E-state index contributed by atoms with van der Waals surface area (Å²) < 4.78 is 39.2. The maximum Gasteiger partial charge on any atom is 0.416 e. The van der Waals surface area contributed by atoms with Gasteiger partial charge >= 0.3 is 6.18 Å². The minimum atomic E-state index is -4.40. The number of rotatable bonds is 4. The number of anilines is 1. The highest BCUT2D eigenvalue weighted by molar-refractivity contribution is 5.98. The molecule has 28 heavy (non-hydrogen) atoms. The van der Waals surface area contributed by atoms with Crippen LogP contribution in [-0.4, -0.2) is 17.0 Å². The van der Waals surface area contributed by atoms with Gasteiger partial charge < -0.3 is 10.2 Å². The van der Waals surface area contributed by atoms with E-state index >= 15 is 0 Å². The third kappa shape index (κ3) is 3.63. The van der Waals surface area contributed by atoms with Gasteiger partial charge in [-0.05, 0) is 55.0 Å². The van der Waals surface area contributed by atoms with Gasteiger partial charge in [0.15, 0.2) is 0 Å². The van der Waals surface area contributed by atoms with E-state index in [2.05, 4.69) is 5.32 Å². The SMILES string of the molecule is O=C1C2=C(CCCC2)[C@@H](Nc2cccc(C(F)(F)F)c2)N1Cc1ccccc1. The van der Waals surface area contributed by atoms with Gasteiger partial charge in [-0.2, -0.15) is 13.2 Å². The molecule has 0 spiro atoms. The Balaban J connectivity index is 1.65. The molecule has 2 aliphatic rings. The summed E-state index contributed by atoms with van der Waals surface area (Å²) in [6, 6.07) is 14.8. The summed E-state index contributed by atoms with van der Waals surface area (Å²) in [7, 11) is 0. The third-order valence-corrected chi connectivity index (χ3v) is 5.36. The van der Waals surface area contributed by atoms with Crippen molar-refractivity contribution in [3.63, 3.8) is 0 Å². The molecule has 6 heteroatoms. The van der Waals surface area contributed by atoms with E-state index in [1.54, 1.807) is 11.0 Å². The molecule has 4 rings (SSSR count). The van der Waals surface area contributed by atoms with Crippen molar-refractivity contribution >= 4 is 11.6 Å². The number of carbonyl (C=O) groups excluding carboxylic acids is 1. The van der Waals surface area contributed by atoms with E-state index in [0.29, 0.717) is 12.2 Å². The van der Waals surface area contributed by atoms with Gasteiger partial charge in [-0.25, -0.2) is 0 Å². The van der Waals surface area contributed by atoms with E-state index < -0.39 is 17.9 Å². The van der Waals surface area contributed by atoms with E-state index in [0.717, 1.165) is 54.5 Å². The maximum absolute atomic E-state index is 13.1. The number of hydrogen-bond acceptors (Lipinski definition) is 2. The molecule has 0 fully saturated rings. The summed E-state index contributed by atoms with van der Waals surface area (Å²) in [6.07, 6.45) is -1.32. The molecule has 0 radical (unpaired) electrons. The first-order valence-corrected chi connectivity index (χ1v) is 9.44. The lowest BCUT2D eigenvalue weighted by Crippen LogP contribution is -2.40. The van der Waals surface area contributed by atoms with E-state index in [4.69, 9.17) is 0 Å². The average molecular weight is 386 g/mol. The fourth-order valence-electron chi connectivity index (χ4n) is 4.00. The van der Waals surface area contributed by atoms with Gasteiger partial charge in [0.25, 0.3) is 5.91 Å². The monoisotopic (exact) mass is 386 g/mol. The third-order valence-electron chi connectivity index (χ3n) is 5.36. The van der Waals surface area contributed by atoms with Gasteiger partial charge in [-0.15, -0.1) is 0 Å². The van der Waals surface area contributed by atoms with Crippen LogP contribution in [0.4, 0.5) is 18.9 Å². The lowest BCUT2D eigenvalue weighted by atomic mass is 9.92. The molecule has 1 aliphatic heterocycles. The van der Waals surface area contributed by atoms with Crippen LogP contribution in [0.15, 0.2) is 65.7 Å². The fourth-order valence-corrected chi connectivity index (χ4v) is 4.00. The fraction of sp³-hybridized carbons (Fsp3) is 0.318. The minimum absolute atomic E-state index is 0.0111. The number of carbonyl (C=O) groups is 1. The second kappa shape index (κ2) is 7.34. The van der Waals surface area contributed by atoms with Crippen LogP contribution in [-0.2, 0) is 17.5 Å². The zero-order valence-corrected chi connectivity index (χ0v) is 15.3. The van der Waals surface area contributed by atoms with Crippen LogP contribution in [0.3, 0.4) is 0 Å². The van der Waals surface area contributed by atoms with Crippen LogP contribution in [0.2, 0.25) is 0 Å². The Hall–Kier alpha value is -2.76. The van der Waals surface area contributed by atoms with Gasteiger partial charge in [-0.1, -0.05) is 36.4 Å². The van der Waals surface area contributed by atoms with Gasteiger partial charge in [0, 0.05) is 17.8 Å². The summed E-state index contributed by atoms with van der Waals surface area (Å²) >= 11 is 0. The second-order valence-corrected chi connectivity index (χ2v) is 7.25. The number of nitrogens with one attached hydrogen (secondary N) is 1. The summed E-state index contributed by atoms with van der Waals surface area (Å²) in [5.41, 5.74) is 2.50. The van der Waals surface area contributed by atoms with Crippen molar-refractivity contribution in [3.05, 3.63) is 76.9 Å². The minimum Gasteiger partial charge on any atom is -0.362 e. The number of halogens is 3. The molecular weight excluding hydrogens is 365 g/mol. The van der Waals surface area contributed by atoms with Crippen LogP contribution in [0, 0.1) is 0 Å². The van der Waals surface area contributed by atoms with Crippen LogP contribution in [0.5, 0.6) is 0 Å². The Morgan fingerprint density at radius 2 is 1.75 bits per heavy atom. The van der Waals surface area contributed by atoms with E-state index in [1.807, 2.05) is 30.3 Å². The Morgan fingerprint density at radius 3 is 2.50 bits per heavy atom. The molecule has 1 atom stereocenters. The molecular formula is C22H21F3N2O. The smallest absolute Gasteiger partial charge is 0.362 e. The molecule has 0 saturated heterocycles. The van der Waals surface area contributed by atoms with E-state index in [-0.39, 0.29) is 5.91 Å². The molecule has 146 valence electrons. The van der Waals surface area contributed by atoms with Crippen LogP contribution in [0.1, 0.15) is 36.8 Å². The van der Waals surface area contributed by atoms with Crippen molar-refractivity contribution in [3.8, 4) is 0 Å². The lowest BCUT2D eigenvalue weighted by molar-refractivity contribution is -0.137. The topological polar surface area (TPSA) is 32.3 Å². The molecule has 0 unspecified atom stereocenters. The molecule has 1 aliphatic carbocycles. The van der Waals surface area contributed by atoms with Crippen LogP contribution < -0.4 is 5.32 Å². The molecule has 3 nitrogen and oxygen atoms in total. The van der Waals surface area contributed by atoms with Crippen molar-refractivity contribution in [2.45, 2.75) is 44.6 Å². The maximum atomic E-state index is 13.1. The van der Waals surface area contributed by atoms with Crippen LogP contribution >= 0.6 is 0 Å². The molecule has 1 amide bonds. The lowest BCUT2D eigenvalue weighted by Gasteiger charge is -2.29. The first-order valence-electron chi connectivity index (χ1n) is 9.44. The highest BCUT2D eigenvalue weighted by Gasteiger charge is 2.40. The Kier molecular flexibility index (Phi) is 4.87. The number of amides is 1. The molecule has 1 heterocycles. The predicted octanol–water partition coefficient (Wildman–Crippen LogP) is 5.36. The second-order valence-electron chi connectivity index (χ2n) is 7.25. The summed E-state index contributed by atoms with van der Waals surface area (Å²) in [4.78, 5) is 14.8. The number of hydrogen-bond donors (Lipinski definition) is 1. The van der Waals surface area contributed by atoms with Crippen molar-refractivity contribution in [2.75, 3.05) is 5.32 Å². The average Bonchev–Trinajstić information content (AvgIpc) is 2.95. The van der Waals surface area contributed by atoms with Crippen molar-refractivity contribution in [1.29, 1.82) is 0 Å². The zero-order valence-electron chi connectivity index (χ0n) is 15.3. The van der Waals surface area contributed by atoms with Gasteiger partial charge in [0.2, 0.25) is 0 Å². The first-order chi connectivity index (χ1) is 13.4. The number of benzene rings is 2. The molecule has 0 saturated carbocycles. The Labute approximate surface area is 161 Å². The van der Waals surface area contributed by atoms with Crippen molar-refractivity contribution < 1.29 is 18.0 Å². The molecule has 0 bridgehead atoms. The summed E-state index contributed by atoms with van der Waals surface area (Å²) in [6.45, 7) is 0.420. The summed E-state index contributed by atoms with van der Waals surface area (Å²) in [5.74, 6) is -0.0111. The number of alkyl halides is 3. The first kappa shape index (κ1) is 18.6. The largest absolute Gasteiger partial charge is 0.416 e. The molecule has 2 aromatic rings. The van der Waals surface area contributed by atoms with Gasteiger partial charge in [-0.3, -0.25) is 4.79 Å². The van der Waals surface area contributed by atoms with Crippen molar-refractivity contribution in [1.82, 2.24) is 4.90 Å². The Morgan fingerprint density at radius 1 is 1.00 bits per heavy atom. The normalized spacial score (nSPS) is 19.8. The van der Waals surface area contributed by atoms with Gasteiger partial charge in [0.1, 0.15) is 6.17 Å². The highest BCUT2D eigenvalue weighted by atomic mass is 19.4. The molecule has 0 aromatic heterocycles. The van der Waals surface area contributed by atoms with E-state index in [9.17, 15) is 18.0 Å². The highest BCUT2D eigenvalue weighted by Crippen LogP contribution is 2.38. The summed E-state index contributed by atoms with van der Waals surface area (Å²) in [5, 5.41) is 3.20. The van der Waals surface area contributed by atoms with E-state index in [1.165, 1.54) is 6.07 Å². The van der Waals surface area contributed by atoms with Crippen molar-refractivity contribution in [2.24, 2.45) is 0 Å².